The molecule has 4 nitrogen and oxygen atoms in total. The zero-order chi connectivity index (χ0) is 15.0. The van der Waals surface area contributed by atoms with Crippen molar-refractivity contribution >= 4 is 5.91 Å². The van der Waals surface area contributed by atoms with Gasteiger partial charge in [0.25, 0.3) is 5.91 Å². The van der Waals surface area contributed by atoms with Crippen LogP contribution in [-0.2, 0) is 4.79 Å². The van der Waals surface area contributed by atoms with Crippen molar-refractivity contribution in [3.05, 3.63) is 30.1 Å². The van der Waals surface area contributed by atoms with Gasteiger partial charge in [-0.25, -0.2) is 4.39 Å². The number of ether oxygens (including phenoxy) is 1. The van der Waals surface area contributed by atoms with Crippen LogP contribution in [0.4, 0.5) is 4.39 Å². The molecule has 20 heavy (non-hydrogen) atoms. The number of aliphatic hydroxyl groups is 1. The van der Waals surface area contributed by atoms with Gasteiger partial charge >= 0.3 is 0 Å². The Morgan fingerprint density at radius 2 is 2.05 bits per heavy atom. The third-order valence-corrected chi connectivity index (χ3v) is 3.02. The van der Waals surface area contributed by atoms with Gasteiger partial charge in [0, 0.05) is 6.54 Å². The van der Waals surface area contributed by atoms with Crippen molar-refractivity contribution in [3.8, 4) is 5.75 Å². The number of halogens is 1. The molecule has 0 aliphatic carbocycles. The topological polar surface area (TPSA) is 58.6 Å². The number of amides is 1. The molecule has 1 rings (SSSR count). The van der Waals surface area contributed by atoms with Gasteiger partial charge in [-0.3, -0.25) is 4.79 Å². The molecule has 1 aromatic carbocycles. The van der Waals surface area contributed by atoms with E-state index < -0.39 is 18.0 Å². The summed E-state index contributed by atoms with van der Waals surface area (Å²) in [7, 11) is 0. The Kier molecular flexibility index (Phi) is 7.01. The van der Waals surface area contributed by atoms with Gasteiger partial charge in [-0.15, -0.1) is 0 Å². The van der Waals surface area contributed by atoms with Gasteiger partial charge in [0.15, 0.2) is 17.7 Å². The second-order valence-electron chi connectivity index (χ2n) is 4.59. The predicted octanol–water partition coefficient (Wildman–Crippen LogP) is 2.26. The Hall–Kier alpha value is -1.62. The van der Waals surface area contributed by atoms with Crippen LogP contribution in [-0.4, -0.2) is 29.8 Å². The average Bonchev–Trinajstić information content (AvgIpc) is 2.46. The number of benzene rings is 1. The first-order valence-corrected chi connectivity index (χ1v) is 6.95. The second-order valence-corrected chi connectivity index (χ2v) is 4.59. The van der Waals surface area contributed by atoms with E-state index in [1.807, 2.05) is 6.92 Å². The van der Waals surface area contributed by atoms with Crippen LogP contribution in [0.5, 0.6) is 5.75 Å². The molecular formula is C15H22FNO3. The van der Waals surface area contributed by atoms with Crippen molar-refractivity contribution in [2.45, 2.75) is 45.3 Å². The van der Waals surface area contributed by atoms with Crippen molar-refractivity contribution in [1.29, 1.82) is 0 Å². The molecular weight excluding hydrogens is 261 g/mol. The molecule has 112 valence electrons. The molecule has 2 unspecified atom stereocenters. The summed E-state index contributed by atoms with van der Waals surface area (Å²) in [6.07, 6.45) is 0.446. The maximum atomic E-state index is 13.5. The zero-order valence-corrected chi connectivity index (χ0v) is 11.9. The van der Waals surface area contributed by atoms with Crippen molar-refractivity contribution in [2.75, 3.05) is 6.54 Å². The smallest absolute Gasteiger partial charge is 0.261 e. The Bertz CT molecular complexity index is 425. The SMILES string of the molecule is CCC(O)CCNC(=O)C(CC)Oc1ccccc1F. The number of hydrogen-bond donors (Lipinski definition) is 2. The van der Waals surface area contributed by atoms with Crippen LogP contribution >= 0.6 is 0 Å². The van der Waals surface area contributed by atoms with E-state index in [0.717, 1.165) is 0 Å². The van der Waals surface area contributed by atoms with Crippen molar-refractivity contribution in [1.82, 2.24) is 5.32 Å². The van der Waals surface area contributed by atoms with E-state index in [4.69, 9.17) is 4.74 Å². The highest BCUT2D eigenvalue weighted by Gasteiger charge is 2.19. The Morgan fingerprint density at radius 1 is 1.35 bits per heavy atom. The number of rotatable bonds is 8. The van der Waals surface area contributed by atoms with Crippen LogP contribution in [0.25, 0.3) is 0 Å². The van der Waals surface area contributed by atoms with Gasteiger partial charge in [-0.1, -0.05) is 26.0 Å². The molecule has 0 spiro atoms. The summed E-state index contributed by atoms with van der Waals surface area (Å²) in [5, 5.41) is 12.1. The molecule has 0 aliphatic rings. The molecule has 0 aromatic heterocycles. The lowest BCUT2D eigenvalue weighted by Gasteiger charge is -2.18. The van der Waals surface area contributed by atoms with Gasteiger partial charge < -0.3 is 15.2 Å². The number of aliphatic hydroxyl groups excluding tert-OH is 1. The Balaban J connectivity index is 2.49. The number of hydrogen-bond acceptors (Lipinski definition) is 3. The molecule has 1 amide bonds. The molecule has 1 aromatic rings. The highest BCUT2D eigenvalue weighted by atomic mass is 19.1. The first-order valence-electron chi connectivity index (χ1n) is 6.95. The van der Waals surface area contributed by atoms with E-state index in [-0.39, 0.29) is 11.7 Å². The van der Waals surface area contributed by atoms with Crippen LogP contribution in [0.2, 0.25) is 0 Å². The molecule has 0 aliphatic heterocycles. The van der Waals surface area contributed by atoms with E-state index in [1.165, 1.54) is 12.1 Å². The maximum absolute atomic E-state index is 13.5. The van der Waals surface area contributed by atoms with Crippen LogP contribution in [0.3, 0.4) is 0 Å². The first kappa shape index (κ1) is 16.4. The molecule has 2 N–H and O–H groups in total. The fourth-order valence-electron chi connectivity index (χ4n) is 1.70. The van der Waals surface area contributed by atoms with Crippen LogP contribution in [0.1, 0.15) is 33.1 Å². The number of para-hydroxylation sites is 1. The first-order chi connectivity index (χ1) is 9.58. The summed E-state index contributed by atoms with van der Waals surface area (Å²) in [6.45, 7) is 4.06. The summed E-state index contributed by atoms with van der Waals surface area (Å²) >= 11 is 0. The summed E-state index contributed by atoms with van der Waals surface area (Å²) in [4.78, 5) is 11.9. The number of carbonyl (C=O) groups excluding carboxylic acids is 1. The van der Waals surface area contributed by atoms with E-state index in [1.54, 1.807) is 19.1 Å². The fourth-order valence-corrected chi connectivity index (χ4v) is 1.70. The fraction of sp³-hybridized carbons (Fsp3) is 0.533. The molecule has 2 atom stereocenters. The monoisotopic (exact) mass is 283 g/mol. The normalized spacial score (nSPS) is 13.6. The van der Waals surface area contributed by atoms with E-state index >= 15 is 0 Å². The van der Waals surface area contributed by atoms with Crippen LogP contribution in [0.15, 0.2) is 24.3 Å². The Morgan fingerprint density at radius 3 is 2.65 bits per heavy atom. The number of carbonyl (C=O) groups is 1. The van der Waals surface area contributed by atoms with Crippen molar-refractivity contribution in [3.63, 3.8) is 0 Å². The maximum Gasteiger partial charge on any atom is 0.261 e. The second kappa shape index (κ2) is 8.53. The number of nitrogens with one attached hydrogen (secondary N) is 1. The lowest BCUT2D eigenvalue weighted by molar-refractivity contribution is -0.128. The summed E-state index contributed by atoms with van der Waals surface area (Å²) in [6, 6.07) is 6.00. The molecule has 5 heteroatoms. The lowest BCUT2D eigenvalue weighted by Crippen LogP contribution is -2.39. The van der Waals surface area contributed by atoms with Crippen LogP contribution in [0, 0.1) is 5.82 Å². The molecule has 0 radical (unpaired) electrons. The quantitative estimate of drug-likeness (QED) is 0.769. The third-order valence-electron chi connectivity index (χ3n) is 3.02. The van der Waals surface area contributed by atoms with Crippen molar-refractivity contribution < 1.29 is 19.0 Å². The highest BCUT2D eigenvalue weighted by Crippen LogP contribution is 2.18. The van der Waals surface area contributed by atoms with E-state index in [0.29, 0.717) is 25.8 Å². The molecule has 0 saturated carbocycles. The molecule has 0 saturated heterocycles. The summed E-state index contributed by atoms with van der Waals surface area (Å²) in [5.41, 5.74) is 0. The standard InChI is InChI=1S/C15H22FNO3/c1-3-11(18)9-10-17-15(19)13(4-2)20-14-8-6-5-7-12(14)16/h5-8,11,13,18H,3-4,9-10H2,1-2H3,(H,17,19). The summed E-state index contributed by atoms with van der Waals surface area (Å²) in [5.74, 6) is -0.706. The highest BCUT2D eigenvalue weighted by molar-refractivity contribution is 5.81. The predicted molar refractivity (Wildman–Crippen MR) is 75.0 cm³/mol. The Labute approximate surface area is 119 Å². The van der Waals surface area contributed by atoms with Gasteiger partial charge in [0.1, 0.15) is 0 Å². The van der Waals surface area contributed by atoms with E-state index in [9.17, 15) is 14.3 Å². The molecule has 0 bridgehead atoms. The van der Waals surface area contributed by atoms with Gasteiger partial charge in [0.2, 0.25) is 0 Å². The van der Waals surface area contributed by atoms with Gasteiger partial charge in [0.05, 0.1) is 6.10 Å². The minimum Gasteiger partial charge on any atom is -0.478 e. The van der Waals surface area contributed by atoms with E-state index in [2.05, 4.69) is 5.32 Å². The minimum atomic E-state index is -0.731. The minimum absolute atomic E-state index is 0.0723. The van der Waals surface area contributed by atoms with Crippen LogP contribution < -0.4 is 10.1 Å². The molecule has 0 heterocycles. The lowest BCUT2D eigenvalue weighted by atomic mass is 10.2. The van der Waals surface area contributed by atoms with Gasteiger partial charge in [-0.05, 0) is 31.4 Å². The largest absolute Gasteiger partial charge is 0.478 e. The van der Waals surface area contributed by atoms with Gasteiger partial charge in [-0.2, -0.15) is 0 Å². The zero-order valence-electron chi connectivity index (χ0n) is 11.9. The third kappa shape index (κ3) is 5.17. The molecule has 0 fully saturated rings. The summed E-state index contributed by atoms with van der Waals surface area (Å²) < 4.78 is 18.9. The van der Waals surface area contributed by atoms with Crippen molar-refractivity contribution in [2.24, 2.45) is 0 Å². The average molecular weight is 283 g/mol.